The Kier molecular flexibility index (Phi) is 3.31. The largest absolute Gasteiger partial charge is 0.497 e. The number of halogens is 1. The average molecular weight is 182 g/mol. The van der Waals surface area contributed by atoms with Gasteiger partial charge in [0.1, 0.15) is 11.5 Å². The van der Waals surface area contributed by atoms with E-state index >= 15 is 0 Å². The fourth-order valence-corrected chi connectivity index (χ4v) is 1.04. The van der Waals surface area contributed by atoms with Crippen molar-refractivity contribution in [2.45, 2.75) is 0 Å². The Hall–Kier alpha value is -1.51. The molecule has 0 saturated heterocycles. The second-order valence-electron chi connectivity index (χ2n) is 2.40. The minimum atomic E-state index is 0.470. The van der Waals surface area contributed by atoms with Crippen molar-refractivity contribution in [1.82, 2.24) is 0 Å². The number of benzene rings is 1. The first kappa shape index (κ1) is 9.58. The van der Waals surface area contributed by atoms with Crippen LogP contribution in [0.25, 0.3) is 6.08 Å². The van der Waals surface area contributed by atoms with Crippen LogP contribution in [0.3, 0.4) is 0 Å². The van der Waals surface area contributed by atoms with Gasteiger partial charge in [-0.3, -0.25) is 0 Å². The first-order valence-electron chi connectivity index (χ1n) is 3.80. The maximum atomic E-state index is 12.0. The summed E-state index contributed by atoms with van der Waals surface area (Å²) in [6.07, 6.45) is 1.79. The van der Waals surface area contributed by atoms with Crippen molar-refractivity contribution in [3.63, 3.8) is 0 Å². The second kappa shape index (κ2) is 4.50. The van der Waals surface area contributed by atoms with Crippen molar-refractivity contribution < 1.29 is 13.9 Å². The van der Waals surface area contributed by atoms with E-state index in [2.05, 4.69) is 0 Å². The van der Waals surface area contributed by atoms with Gasteiger partial charge in [-0.2, -0.15) is 0 Å². The van der Waals surface area contributed by atoms with Crippen LogP contribution in [0.2, 0.25) is 0 Å². The molecule has 3 heteroatoms. The van der Waals surface area contributed by atoms with Gasteiger partial charge in [-0.15, -0.1) is 0 Å². The molecule has 0 fully saturated rings. The van der Waals surface area contributed by atoms with E-state index in [9.17, 15) is 4.39 Å². The molecule has 0 aliphatic rings. The van der Waals surface area contributed by atoms with E-state index in [1.807, 2.05) is 0 Å². The van der Waals surface area contributed by atoms with Gasteiger partial charge in [0.25, 0.3) is 0 Å². The second-order valence-corrected chi connectivity index (χ2v) is 2.40. The Balaban J connectivity index is 3.09. The van der Waals surface area contributed by atoms with Gasteiger partial charge < -0.3 is 9.47 Å². The molecule has 70 valence electrons. The molecule has 0 aliphatic heterocycles. The summed E-state index contributed by atoms with van der Waals surface area (Å²) >= 11 is 0. The first-order valence-corrected chi connectivity index (χ1v) is 3.80. The van der Waals surface area contributed by atoms with Crippen LogP contribution in [0.5, 0.6) is 11.5 Å². The number of rotatable bonds is 3. The molecule has 1 aromatic carbocycles. The van der Waals surface area contributed by atoms with Crippen molar-refractivity contribution in [2.75, 3.05) is 14.2 Å². The molecule has 0 unspecified atom stereocenters. The van der Waals surface area contributed by atoms with Crippen molar-refractivity contribution in [3.05, 3.63) is 30.1 Å². The van der Waals surface area contributed by atoms with E-state index in [-0.39, 0.29) is 0 Å². The summed E-state index contributed by atoms with van der Waals surface area (Å²) in [7, 11) is 3.10. The maximum absolute atomic E-state index is 12.0. The summed E-state index contributed by atoms with van der Waals surface area (Å²) in [6.45, 7) is 0. The highest BCUT2D eigenvalue weighted by molar-refractivity contribution is 5.58. The molecule has 0 saturated carbocycles. The Morgan fingerprint density at radius 1 is 1.23 bits per heavy atom. The lowest BCUT2D eigenvalue weighted by Gasteiger charge is -2.06. The zero-order valence-corrected chi connectivity index (χ0v) is 7.58. The summed E-state index contributed by atoms with van der Waals surface area (Å²) in [5.74, 6) is 1.30. The highest BCUT2D eigenvalue weighted by atomic mass is 19.1. The van der Waals surface area contributed by atoms with E-state index in [0.717, 1.165) is 0 Å². The van der Waals surface area contributed by atoms with Crippen molar-refractivity contribution in [3.8, 4) is 11.5 Å². The monoisotopic (exact) mass is 182 g/mol. The Morgan fingerprint density at radius 3 is 2.54 bits per heavy atom. The van der Waals surface area contributed by atoms with Gasteiger partial charge in [0.2, 0.25) is 0 Å². The Labute approximate surface area is 76.6 Å². The summed E-state index contributed by atoms with van der Waals surface area (Å²) < 4.78 is 22.0. The summed E-state index contributed by atoms with van der Waals surface area (Å²) in [5.41, 5.74) is 0.657. The molecular formula is C10H11FO2. The molecule has 2 nitrogen and oxygen atoms in total. The summed E-state index contributed by atoms with van der Waals surface area (Å²) in [4.78, 5) is 0. The zero-order chi connectivity index (χ0) is 9.68. The molecule has 0 spiro atoms. The fourth-order valence-electron chi connectivity index (χ4n) is 1.04. The molecule has 0 atom stereocenters. The molecule has 0 bridgehead atoms. The predicted octanol–water partition coefficient (Wildman–Crippen LogP) is 2.64. The molecule has 1 aromatic rings. The normalized spacial score (nSPS) is 10.4. The third kappa shape index (κ3) is 2.21. The van der Waals surface area contributed by atoms with Crippen molar-refractivity contribution in [2.24, 2.45) is 0 Å². The van der Waals surface area contributed by atoms with Gasteiger partial charge in [-0.25, -0.2) is 4.39 Å². The topological polar surface area (TPSA) is 18.5 Å². The molecule has 13 heavy (non-hydrogen) atoms. The molecule has 0 aromatic heterocycles. The van der Waals surface area contributed by atoms with Crippen LogP contribution in [0.1, 0.15) is 5.56 Å². The Bertz CT molecular complexity index is 308. The van der Waals surface area contributed by atoms with E-state index in [4.69, 9.17) is 9.47 Å². The molecule has 1 rings (SSSR count). The number of hydrogen-bond acceptors (Lipinski definition) is 2. The lowest BCUT2D eigenvalue weighted by Crippen LogP contribution is -1.88. The predicted molar refractivity (Wildman–Crippen MR) is 49.7 cm³/mol. The molecule has 0 N–H and O–H groups in total. The van der Waals surface area contributed by atoms with Crippen LogP contribution in [0, 0.1) is 0 Å². The van der Waals surface area contributed by atoms with Crippen molar-refractivity contribution >= 4 is 6.08 Å². The third-order valence-corrected chi connectivity index (χ3v) is 1.68. The molecular weight excluding hydrogens is 171 g/mol. The van der Waals surface area contributed by atoms with Crippen LogP contribution < -0.4 is 9.47 Å². The number of ether oxygens (including phenoxy) is 2. The molecule has 0 aliphatic carbocycles. The zero-order valence-electron chi connectivity index (χ0n) is 7.58. The van der Waals surface area contributed by atoms with Crippen LogP contribution in [0.4, 0.5) is 4.39 Å². The molecule has 0 radical (unpaired) electrons. The maximum Gasteiger partial charge on any atom is 0.126 e. The van der Waals surface area contributed by atoms with E-state index in [0.29, 0.717) is 23.4 Å². The van der Waals surface area contributed by atoms with E-state index < -0.39 is 0 Å². The smallest absolute Gasteiger partial charge is 0.126 e. The van der Waals surface area contributed by atoms with Crippen molar-refractivity contribution in [1.29, 1.82) is 0 Å². The first-order chi connectivity index (χ1) is 6.31. The average Bonchev–Trinajstić information content (AvgIpc) is 2.18. The minimum Gasteiger partial charge on any atom is -0.497 e. The Morgan fingerprint density at radius 2 is 2.00 bits per heavy atom. The third-order valence-electron chi connectivity index (χ3n) is 1.68. The fraction of sp³-hybridized carbons (Fsp3) is 0.200. The van der Waals surface area contributed by atoms with E-state index in [1.54, 1.807) is 25.3 Å². The van der Waals surface area contributed by atoms with Crippen LogP contribution in [-0.4, -0.2) is 14.2 Å². The van der Waals surface area contributed by atoms with Gasteiger partial charge in [0, 0.05) is 5.56 Å². The molecule has 0 heterocycles. The highest BCUT2D eigenvalue weighted by Crippen LogP contribution is 2.24. The highest BCUT2D eigenvalue weighted by Gasteiger charge is 2.00. The van der Waals surface area contributed by atoms with Gasteiger partial charge in [0.15, 0.2) is 0 Å². The standard InChI is InChI=1S/C10H11FO2/c1-12-9-3-4-10(13-2)8(7-9)5-6-11/h3-7H,1-2H3/b6-5+. The number of methoxy groups -OCH3 is 2. The summed E-state index contributed by atoms with van der Waals surface area (Å²) in [6, 6.07) is 5.19. The molecule has 0 amide bonds. The van der Waals surface area contributed by atoms with Gasteiger partial charge in [-0.05, 0) is 24.3 Å². The number of hydrogen-bond donors (Lipinski definition) is 0. The lowest BCUT2D eigenvalue weighted by molar-refractivity contribution is 0.402. The SMILES string of the molecule is COc1ccc(OC)c(/C=C/F)c1. The summed E-state index contributed by atoms with van der Waals surface area (Å²) in [5, 5.41) is 0. The quantitative estimate of drug-likeness (QED) is 0.715. The van der Waals surface area contributed by atoms with Gasteiger partial charge in [0.05, 0.1) is 20.5 Å². The van der Waals surface area contributed by atoms with Gasteiger partial charge >= 0.3 is 0 Å². The van der Waals surface area contributed by atoms with Crippen LogP contribution >= 0.6 is 0 Å². The van der Waals surface area contributed by atoms with E-state index in [1.165, 1.54) is 13.2 Å². The van der Waals surface area contributed by atoms with Crippen LogP contribution in [0.15, 0.2) is 24.5 Å². The lowest BCUT2D eigenvalue weighted by atomic mass is 10.2. The van der Waals surface area contributed by atoms with Gasteiger partial charge in [-0.1, -0.05) is 0 Å². The minimum absolute atomic E-state index is 0.470. The van der Waals surface area contributed by atoms with Crippen LogP contribution in [-0.2, 0) is 0 Å².